The summed E-state index contributed by atoms with van der Waals surface area (Å²) < 4.78 is 11.9. The largest absolute Gasteiger partial charge is 0.497 e. The highest BCUT2D eigenvalue weighted by molar-refractivity contribution is 9.11. The molecule has 3 rings (SSSR count). The van der Waals surface area contributed by atoms with Crippen LogP contribution < -0.4 is 20.1 Å². The van der Waals surface area contributed by atoms with E-state index in [2.05, 4.69) is 42.5 Å². The van der Waals surface area contributed by atoms with Crippen molar-refractivity contribution in [3.8, 4) is 17.6 Å². The maximum atomic E-state index is 12.6. The summed E-state index contributed by atoms with van der Waals surface area (Å²) in [5.41, 5.74) is 3.85. The molecule has 0 aliphatic rings. The van der Waals surface area contributed by atoms with Gasteiger partial charge >= 0.3 is 0 Å². The molecular formula is C27H23Br2N3O4. The number of aryl methyl sites for hydroxylation is 1. The minimum atomic E-state index is -0.543. The van der Waals surface area contributed by atoms with Crippen LogP contribution >= 0.6 is 31.9 Å². The zero-order valence-corrected chi connectivity index (χ0v) is 23.0. The number of carbonyl (C=O) groups excluding carboxylic acids is 2. The number of nitrogens with one attached hydrogen (secondary N) is 2. The third kappa shape index (κ3) is 6.97. The lowest BCUT2D eigenvalue weighted by Gasteiger charge is -2.13. The zero-order chi connectivity index (χ0) is 26.2. The fourth-order valence-electron chi connectivity index (χ4n) is 3.20. The minimum Gasteiger partial charge on any atom is -0.497 e. The van der Waals surface area contributed by atoms with E-state index in [9.17, 15) is 14.9 Å². The molecule has 3 aromatic carbocycles. The van der Waals surface area contributed by atoms with E-state index in [1.807, 2.05) is 38.1 Å². The number of halogens is 2. The van der Waals surface area contributed by atoms with Crippen LogP contribution in [-0.2, 0) is 9.59 Å². The van der Waals surface area contributed by atoms with E-state index in [4.69, 9.17) is 9.47 Å². The Kier molecular flexibility index (Phi) is 9.28. The topological polar surface area (TPSA) is 100 Å². The van der Waals surface area contributed by atoms with Gasteiger partial charge in [-0.15, -0.1) is 0 Å². The highest BCUT2D eigenvalue weighted by Crippen LogP contribution is 2.35. The monoisotopic (exact) mass is 611 g/mol. The van der Waals surface area contributed by atoms with Gasteiger partial charge in [0.2, 0.25) is 0 Å². The molecule has 0 unspecified atom stereocenters. The number of carbonyl (C=O) groups is 2. The number of methoxy groups -OCH3 is 1. The van der Waals surface area contributed by atoms with Gasteiger partial charge in [-0.1, -0.05) is 12.1 Å². The fourth-order valence-corrected chi connectivity index (χ4v) is 4.65. The van der Waals surface area contributed by atoms with Gasteiger partial charge in [-0.3, -0.25) is 9.59 Å². The fraction of sp³-hybridized carbons (Fsp3) is 0.148. The van der Waals surface area contributed by atoms with Crippen LogP contribution in [0, 0.1) is 25.2 Å². The lowest BCUT2D eigenvalue weighted by Crippen LogP contribution is -2.21. The molecule has 0 saturated carbocycles. The molecule has 0 spiro atoms. The molecule has 0 heterocycles. The van der Waals surface area contributed by atoms with Gasteiger partial charge in [-0.05, 0) is 111 Å². The molecule has 3 aromatic rings. The van der Waals surface area contributed by atoms with E-state index in [0.29, 0.717) is 31.7 Å². The molecule has 7 nitrogen and oxygen atoms in total. The molecule has 9 heteroatoms. The first kappa shape index (κ1) is 27.0. The van der Waals surface area contributed by atoms with Gasteiger partial charge in [0, 0.05) is 11.4 Å². The first-order valence-corrected chi connectivity index (χ1v) is 12.4. The number of nitriles is 1. The first-order chi connectivity index (χ1) is 17.2. The van der Waals surface area contributed by atoms with Crippen LogP contribution in [0.1, 0.15) is 16.7 Å². The van der Waals surface area contributed by atoms with Crippen molar-refractivity contribution in [2.45, 2.75) is 13.8 Å². The molecule has 0 saturated heterocycles. The average Bonchev–Trinajstić information content (AvgIpc) is 2.85. The molecule has 0 aromatic heterocycles. The Morgan fingerprint density at radius 2 is 1.69 bits per heavy atom. The standard InChI is InChI=1S/C27H23Br2N3O4/c1-16-5-4-6-24(17(16)2)32-25(33)15-36-26-22(28)12-18(13-23(26)29)11-19(14-30)27(34)31-20-7-9-21(35-3)10-8-20/h4-13H,15H2,1-3H3,(H,31,34)(H,32,33)/b19-11-. The lowest BCUT2D eigenvalue weighted by atomic mass is 10.1. The summed E-state index contributed by atoms with van der Waals surface area (Å²) in [5.74, 6) is 0.236. The predicted octanol–water partition coefficient (Wildman–Crippen LogP) is 6.40. The number of amides is 2. The summed E-state index contributed by atoms with van der Waals surface area (Å²) in [6, 6.07) is 17.8. The summed E-state index contributed by atoms with van der Waals surface area (Å²) in [5, 5.41) is 15.1. The van der Waals surface area contributed by atoms with Crippen molar-refractivity contribution >= 4 is 61.1 Å². The molecule has 2 amide bonds. The van der Waals surface area contributed by atoms with Crippen molar-refractivity contribution in [2.24, 2.45) is 0 Å². The van der Waals surface area contributed by atoms with E-state index in [1.165, 1.54) is 6.08 Å². The summed E-state index contributed by atoms with van der Waals surface area (Å²) in [6.07, 6.45) is 1.46. The SMILES string of the molecule is COc1ccc(NC(=O)/C(C#N)=C\c2cc(Br)c(OCC(=O)Nc3cccc(C)c3C)c(Br)c2)cc1. The second kappa shape index (κ2) is 12.4. The summed E-state index contributed by atoms with van der Waals surface area (Å²) in [7, 11) is 1.55. The van der Waals surface area contributed by atoms with Gasteiger partial charge in [0.25, 0.3) is 11.8 Å². The second-order valence-electron chi connectivity index (χ2n) is 7.75. The summed E-state index contributed by atoms with van der Waals surface area (Å²) in [4.78, 5) is 25.0. The molecule has 36 heavy (non-hydrogen) atoms. The van der Waals surface area contributed by atoms with Gasteiger partial charge in [0.1, 0.15) is 23.1 Å². The Bertz CT molecular complexity index is 1340. The van der Waals surface area contributed by atoms with Gasteiger partial charge in [0.05, 0.1) is 16.1 Å². The molecule has 0 aliphatic heterocycles. The van der Waals surface area contributed by atoms with Crippen molar-refractivity contribution < 1.29 is 19.1 Å². The number of anilines is 2. The third-order valence-electron chi connectivity index (χ3n) is 5.27. The number of benzene rings is 3. The molecule has 0 atom stereocenters. The number of nitrogens with zero attached hydrogens (tertiary/aromatic N) is 1. The van der Waals surface area contributed by atoms with Crippen molar-refractivity contribution in [3.63, 3.8) is 0 Å². The maximum absolute atomic E-state index is 12.6. The van der Waals surface area contributed by atoms with Crippen molar-refractivity contribution in [1.82, 2.24) is 0 Å². The van der Waals surface area contributed by atoms with Crippen LogP contribution in [0.25, 0.3) is 6.08 Å². The number of hydrogen-bond acceptors (Lipinski definition) is 5. The van der Waals surface area contributed by atoms with Crippen molar-refractivity contribution in [1.29, 1.82) is 5.26 Å². The lowest BCUT2D eigenvalue weighted by molar-refractivity contribution is -0.118. The van der Waals surface area contributed by atoms with Crippen LogP contribution in [0.3, 0.4) is 0 Å². The Hall–Kier alpha value is -3.61. The quantitative estimate of drug-likeness (QED) is 0.226. The molecule has 0 bridgehead atoms. The van der Waals surface area contributed by atoms with Crippen molar-refractivity contribution in [3.05, 3.63) is 85.8 Å². The number of rotatable bonds is 8. The van der Waals surface area contributed by atoms with Crippen molar-refractivity contribution in [2.75, 3.05) is 24.4 Å². The molecule has 0 aliphatic carbocycles. The van der Waals surface area contributed by atoms with Gasteiger partial charge in [-0.2, -0.15) is 5.26 Å². The smallest absolute Gasteiger partial charge is 0.266 e. The molecule has 184 valence electrons. The Balaban J connectivity index is 1.69. The van der Waals surface area contributed by atoms with E-state index in [1.54, 1.807) is 43.5 Å². The summed E-state index contributed by atoms with van der Waals surface area (Å²) in [6.45, 7) is 3.72. The highest BCUT2D eigenvalue weighted by atomic mass is 79.9. The minimum absolute atomic E-state index is 0.0776. The summed E-state index contributed by atoms with van der Waals surface area (Å²) >= 11 is 6.88. The molecule has 2 N–H and O–H groups in total. The third-order valence-corrected chi connectivity index (χ3v) is 6.45. The van der Waals surface area contributed by atoms with E-state index in [-0.39, 0.29) is 18.1 Å². The number of hydrogen-bond donors (Lipinski definition) is 2. The van der Waals surface area contributed by atoms with Gasteiger partial charge in [-0.25, -0.2) is 0 Å². The predicted molar refractivity (Wildman–Crippen MR) is 147 cm³/mol. The zero-order valence-electron chi connectivity index (χ0n) is 19.8. The van der Waals surface area contributed by atoms with Crippen LogP contribution in [0.4, 0.5) is 11.4 Å². The molecule has 0 fully saturated rings. The number of ether oxygens (including phenoxy) is 2. The molecular weight excluding hydrogens is 590 g/mol. The van der Waals surface area contributed by atoms with Crippen LogP contribution in [0.2, 0.25) is 0 Å². The van der Waals surface area contributed by atoms with E-state index < -0.39 is 5.91 Å². The molecule has 0 radical (unpaired) electrons. The van der Waals surface area contributed by atoms with E-state index >= 15 is 0 Å². The Morgan fingerprint density at radius 3 is 2.31 bits per heavy atom. The van der Waals surface area contributed by atoms with Crippen LogP contribution in [-0.4, -0.2) is 25.5 Å². The first-order valence-electron chi connectivity index (χ1n) is 10.8. The normalized spacial score (nSPS) is 10.8. The van der Waals surface area contributed by atoms with Crippen LogP contribution in [0.5, 0.6) is 11.5 Å². The maximum Gasteiger partial charge on any atom is 0.266 e. The Morgan fingerprint density at radius 1 is 1.03 bits per heavy atom. The van der Waals surface area contributed by atoms with Gasteiger partial charge < -0.3 is 20.1 Å². The second-order valence-corrected chi connectivity index (χ2v) is 9.46. The van der Waals surface area contributed by atoms with E-state index in [0.717, 1.165) is 16.8 Å². The average molecular weight is 613 g/mol. The Labute approximate surface area is 226 Å². The van der Waals surface area contributed by atoms with Gasteiger partial charge in [0.15, 0.2) is 6.61 Å². The van der Waals surface area contributed by atoms with Crippen LogP contribution in [0.15, 0.2) is 69.1 Å². The highest BCUT2D eigenvalue weighted by Gasteiger charge is 2.14.